The summed E-state index contributed by atoms with van der Waals surface area (Å²) in [6, 6.07) is 6.34. The molecule has 0 fully saturated rings. The highest BCUT2D eigenvalue weighted by Gasteiger charge is 2.14. The molecule has 2 aromatic rings. The molecule has 0 bridgehead atoms. The maximum absolute atomic E-state index is 13.3. The molecule has 0 heterocycles. The Labute approximate surface area is 108 Å². The second-order valence-electron chi connectivity index (χ2n) is 4.07. The summed E-state index contributed by atoms with van der Waals surface area (Å²) in [5.74, 6) is -1.91. The topological polar surface area (TPSA) is 35.2 Å². The smallest absolute Gasteiger partial charge is 0.165 e. The van der Waals surface area contributed by atoms with Crippen LogP contribution in [0.5, 0.6) is 5.75 Å². The highest BCUT2D eigenvalue weighted by Crippen LogP contribution is 2.26. The fourth-order valence-corrected chi connectivity index (χ4v) is 1.82. The Hall–Kier alpha value is -2.01. The van der Waals surface area contributed by atoms with E-state index in [4.69, 9.17) is 10.5 Å². The molecule has 0 spiro atoms. The summed E-state index contributed by atoms with van der Waals surface area (Å²) >= 11 is 0. The lowest BCUT2D eigenvalue weighted by molar-refractivity contribution is 0.385. The van der Waals surface area contributed by atoms with E-state index in [1.54, 1.807) is 0 Å². The van der Waals surface area contributed by atoms with E-state index in [0.717, 1.165) is 18.2 Å². The van der Waals surface area contributed by atoms with Crippen LogP contribution in [0.4, 0.5) is 13.2 Å². The molecule has 0 saturated carbocycles. The Kier molecular flexibility index (Phi) is 3.76. The fourth-order valence-electron chi connectivity index (χ4n) is 1.82. The van der Waals surface area contributed by atoms with E-state index in [1.165, 1.54) is 25.3 Å². The zero-order chi connectivity index (χ0) is 14.0. The molecule has 0 aromatic heterocycles. The Morgan fingerprint density at radius 3 is 2.16 bits per heavy atom. The van der Waals surface area contributed by atoms with Gasteiger partial charge in [0, 0.05) is 6.07 Å². The molecular formula is C14H12F3NO. The lowest BCUT2D eigenvalue weighted by Gasteiger charge is -2.14. The summed E-state index contributed by atoms with van der Waals surface area (Å²) in [6.07, 6.45) is 0. The Morgan fingerprint density at radius 2 is 1.58 bits per heavy atom. The van der Waals surface area contributed by atoms with Crippen molar-refractivity contribution in [2.45, 2.75) is 6.04 Å². The van der Waals surface area contributed by atoms with E-state index < -0.39 is 23.5 Å². The molecule has 2 nitrogen and oxygen atoms in total. The van der Waals surface area contributed by atoms with Crippen molar-refractivity contribution in [3.05, 3.63) is 65.0 Å². The van der Waals surface area contributed by atoms with E-state index in [9.17, 15) is 13.2 Å². The van der Waals surface area contributed by atoms with Crippen molar-refractivity contribution >= 4 is 0 Å². The lowest BCUT2D eigenvalue weighted by Crippen LogP contribution is -2.12. The maximum atomic E-state index is 13.3. The first-order chi connectivity index (χ1) is 9.01. The van der Waals surface area contributed by atoms with Gasteiger partial charge in [-0.2, -0.15) is 0 Å². The van der Waals surface area contributed by atoms with Crippen LogP contribution < -0.4 is 10.5 Å². The van der Waals surface area contributed by atoms with Gasteiger partial charge in [-0.1, -0.05) is 6.07 Å². The van der Waals surface area contributed by atoms with Gasteiger partial charge in [-0.3, -0.25) is 0 Å². The molecule has 5 heteroatoms. The van der Waals surface area contributed by atoms with Crippen LogP contribution in [0, 0.1) is 17.5 Å². The summed E-state index contributed by atoms with van der Waals surface area (Å²) in [7, 11) is 1.33. The van der Waals surface area contributed by atoms with Crippen LogP contribution in [0.2, 0.25) is 0 Å². The molecule has 0 aliphatic carbocycles. The number of benzene rings is 2. The van der Waals surface area contributed by atoms with E-state index >= 15 is 0 Å². The van der Waals surface area contributed by atoms with Gasteiger partial charge in [0.1, 0.15) is 11.6 Å². The van der Waals surface area contributed by atoms with E-state index in [2.05, 4.69) is 0 Å². The van der Waals surface area contributed by atoms with Crippen LogP contribution in [0.3, 0.4) is 0 Å². The van der Waals surface area contributed by atoms with Gasteiger partial charge < -0.3 is 10.5 Å². The number of methoxy groups -OCH3 is 1. The average Bonchev–Trinajstić information content (AvgIpc) is 2.37. The van der Waals surface area contributed by atoms with Crippen LogP contribution in [-0.2, 0) is 0 Å². The van der Waals surface area contributed by atoms with Crippen molar-refractivity contribution < 1.29 is 17.9 Å². The van der Waals surface area contributed by atoms with E-state index in [1.807, 2.05) is 0 Å². The van der Waals surface area contributed by atoms with Gasteiger partial charge in [-0.15, -0.1) is 0 Å². The van der Waals surface area contributed by atoms with Gasteiger partial charge in [0.15, 0.2) is 11.6 Å². The summed E-state index contributed by atoms with van der Waals surface area (Å²) in [5, 5.41) is 0. The van der Waals surface area contributed by atoms with Crippen LogP contribution in [-0.4, -0.2) is 7.11 Å². The van der Waals surface area contributed by atoms with Crippen molar-refractivity contribution in [2.24, 2.45) is 5.73 Å². The van der Waals surface area contributed by atoms with Crippen LogP contribution >= 0.6 is 0 Å². The van der Waals surface area contributed by atoms with Crippen molar-refractivity contribution in [3.63, 3.8) is 0 Å². The van der Waals surface area contributed by atoms with Gasteiger partial charge in [0.05, 0.1) is 13.2 Å². The molecule has 0 aliphatic rings. The average molecular weight is 267 g/mol. The molecule has 0 saturated heterocycles. The molecule has 0 radical (unpaired) electrons. The number of rotatable bonds is 3. The highest BCUT2D eigenvalue weighted by atomic mass is 19.1. The van der Waals surface area contributed by atoms with Gasteiger partial charge in [-0.05, 0) is 35.4 Å². The molecule has 1 unspecified atom stereocenters. The second-order valence-corrected chi connectivity index (χ2v) is 4.07. The van der Waals surface area contributed by atoms with Gasteiger partial charge in [-0.25, -0.2) is 13.2 Å². The zero-order valence-corrected chi connectivity index (χ0v) is 10.2. The molecule has 2 N–H and O–H groups in total. The molecule has 1 atom stereocenters. The molecule has 0 aliphatic heterocycles. The third-order valence-electron chi connectivity index (χ3n) is 2.78. The van der Waals surface area contributed by atoms with Crippen LogP contribution in [0.1, 0.15) is 17.2 Å². The highest BCUT2D eigenvalue weighted by molar-refractivity contribution is 5.37. The molecule has 2 aromatic carbocycles. The monoisotopic (exact) mass is 267 g/mol. The summed E-state index contributed by atoms with van der Waals surface area (Å²) in [4.78, 5) is 0. The first-order valence-corrected chi connectivity index (χ1v) is 5.56. The summed E-state index contributed by atoms with van der Waals surface area (Å²) in [6.45, 7) is 0. The van der Waals surface area contributed by atoms with Gasteiger partial charge in [0.2, 0.25) is 0 Å². The second kappa shape index (κ2) is 5.32. The largest absolute Gasteiger partial charge is 0.494 e. The number of hydrogen-bond donors (Lipinski definition) is 1. The SMILES string of the molecule is COc1cc(C(N)c2cc(F)cc(F)c2)ccc1F. The zero-order valence-electron chi connectivity index (χ0n) is 10.2. The minimum atomic E-state index is -0.764. The quantitative estimate of drug-likeness (QED) is 0.927. The number of ether oxygens (including phenoxy) is 1. The summed E-state index contributed by atoms with van der Waals surface area (Å²) < 4.78 is 44.4. The van der Waals surface area contributed by atoms with Crippen LogP contribution in [0.15, 0.2) is 36.4 Å². The summed E-state index contributed by atoms with van der Waals surface area (Å²) in [5.41, 5.74) is 6.69. The minimum absolute atomic E-state index is 0.0322. The van der Waals surface area contributed by atoms with Crippen molar-refractivity contribution in [1.29, 1.82) is 0 Å². The normalized spacial score (nSPS) is 12.3. The molecular weight excluding hydrogens is 255 g/mol. The predicted molar refractivity (Wildman–Crippen MR) is 65.3 cm³/mol. The third-order valence-corrected chi connectivity index (χ3v) is 2.78. The van der Waals surface area contributed by atoms with Crippen molar-refractivity contribution in [3.8, 4) is 5.75 Å². The Morgan fingerprint density at radius 1 is 0.947 bits per heavy atom. The molecule has 100 valence electrons. The number of hydrogen-bond acceptors (Lipinski definition) is 2. The molecule has 0 amide bonds. The Bertz CT molecular complexity index is 581. The molecule has 19 heavy (non-hydrogen) atoms. The van der Waals surface area contributed by atoms with Crippen LogP contribution in [0.25, 0.3) is 0 Å². The third kappa shape index (κ3) is 2.88. The predicted octanol–water partition coefficient (Wildman–Crippen LogP) is 3.16. The Balaban J connectivity index is 2.40. The van der Waals surface area contributed by atoms with E-state index in [-0.39, 0.29) is 11.3 Å². The maximum Gasteiger partial charge on any atom is 0.165 e. The molecule has 2 rings (SSSR count). The fraction of sp³-hybridized carbons (Fsp3) is 0.143. The van der Waals surface area contributed by atoms with Crippen molar-refractivity contribution in [1.82, 2.24) is 0 Å². The number of halogens is 3. The first-order valence-electron chi connectivity index (χ1n) is 5.56. The van der Waals surface area contributed by atoms with Gasteiger partial charge in [0.25, 0.3) is 0 Å². The first kappa shape index (κ1) is 13.4. The lowest BCUT2D eigenvalue weighted by atomic mass is 9.99. The van der Waals surface area contributed by atoms with E-state index in [0.29, 0.717) is 5.56 Å². The minimum Gasteiger partial charge on any atom is -0.494 e. The standard InChI is InChI=1S/C14H12F3NO/c1-19-13-6-8(2-3-12(13)17)14(18)9-4-10(15)7-11(16)5-9/h2-7,14H,18H2,1H3. The number of nitrogens with two attached hydrogens (primary N) is 1. The van der Waals surface area contributed by atoms with Crippen molar-refractivity contribution in [2.75, 3.05) is 7.11 Å². The van der Waals surface area contributed by atoms with Gasteiger partial charge >= 0.3 is 0 Å².